The fraction of sp³-hybridized carbons (Fsp3) is 0.444. The van der Waals surface area contributed by atoms with Gasteiger partial charge in [0, 0.05) is 38.5 Å². The number of primary amides is 1. The zero-order valence-corrected chi connectivity index (χ0v) is 68.1. The summed E-state index contributed by atoms with van der Waals surface area (Å²) >= 11 is 11.1. The summed E-state index contributed by atoms with van der Waals surface area (Å²) in [7, 11) is 0. The van der Waals surface area contributed by atoms with Crippen molar-refractivity contribution in [3.05, 3.63) is 148 Å². The monoisotopic (exact) mass is 1680 g/mol. The molecule has 18 unspecified atom stereocenters. The third kappa shape index (κ3) is 19.2. The highest BCUT2D eigenvalue weighted by atomic mass is 32.2. The summed E-state index contributed by atoms with van der Waals surface area (Å²) in [4.78, 5) is 183. The van der Waals surface area contributed by atoms with Gasteiger partial charge in [0.1, 0.15) is 107 Å². The van der Waals surface area contributed by atoms with Crippen molar-refractivity contribution in [2.45, 2.75) is 191 Å². The van der Waals surface area contributed by atoms with E-state index < -0.39 is 196 Å². The molecule has 5 aromatic heterocycles. The topological polar surface area (TPSA) is 545 Å². The predicted molar refractivity (Wildman–Crippen MR) is 425 cm³/mol. The molecule has 10 amide bonds. The van der Waals surface area contributed by atoms with Gasteiger partial charge in [0.25, 0.3) is 29.5 Å². The Balaban J connectivity index is 1.16. The average molecular weight is 1680 g/mol. The Morgan fingerprint density at radius 2 is 1.46 bits per heavy atom. The number of piperidine rings is 1. The molecular formula is C72H87N19O17S6. The minimum Gasteiger partial charge on any atom is -0.455 e. The standard InChI is InChI=1S/C72H87N19O17S6/c1-14-26(2)48-63(104)79-31(7)58(99)76-29(5)57(98)77-32(8)59(100)91-72-18-17-40(66-85-44(23-111-66)60(101)78-30(6)56(97)75-28(4)55(73)96)83-53(72)42-21-112-67(84-42)50(35(11)108-69(106)41-20-38(33(9)92)37-15-16-39(81-48)52(95)51(37)82-41)89-65(109)46-25-113-68(86-46)54(71(13,107)36(12)94)90-62(103)43-22-110-47(80-43)19-27(3)74-64(105)49(34(10)93)88-61(102)45-24-114-70(72)87-45/h15-16,19-21,23-26,31-36,39-40,43,48-50,52-54,81,83,92-95,107H,4-6,14,17-18,22H2,1-3,7-13H3,(H2,73,96)(H,74,105)(H,75,97)(H,76,99)(H,77,98)(H,78,101)(H,79,104)(H,88,102)(H,89,109)(H,90,103)(H,91,100). The number of aromatic nitrogens is 5. The van der Waals surface area contributed by atoms with Crippen molar-refractivity contribution in [2.24, 2.45) is 16.6 Å². The molecule has 5 aromatic rings. The Bertz CT molecular complexity index is 4810. The molecule has 13 bridgehead atoms. The minimum absolute atomic E-state index is 0.0100. The van der Waals surface area contributed by atoms with Crippen LogP contribution >= 0.6 is 69.3 Å². The van der Waals surface area contributed by atoms with Crippen LogP contribution in [0.1, 0.15) is 205 Å². The molecule has 9 heterocycles. The maximum absolute atomic E-state index is 15.4. The summed E-state index contributed by atoms with van der Waals surface area (Å²) < 4.78 is 6.37. The lowest BCUT2D eigenvalue weighted by atomic mass is 9.78. The molecule has 608 valence electrons. The fourth-order valence-electron chi connectivity index (χ4n) is 12.6. The zero-order chi connectivity index (χ0) is 83.4. The van der Waals surface area contributed by atoms with Crippen molar-refractivity contribution in [1.29, 1.82) is 0 Å². The molecule has 5 aliphatic rings. The molecule has 42 heteroatoms. The lowest BCUT2D eigenvalue weighted by Gasteiger charge is -2.46. The number of cyclic esters (lactones) is 1. The van der Waals surface area contributed by atoms with Gasteiger partial charge in [-0.1, -0.05) is 64.4 Å². The van der Waals surface area contributed by atoms with E-state index in [9.17, 15) is 68.7 Å². The van der Waals surface area contributed by atoms with Gasteiger partial charge in [-0.3, -0.25) is 63.6 Å². The second-order valence-corrected chi connectivity index (χ2v) is 33.2. The fourth-order valence-corrected chi connectivity index (χ4v) is 17.8. The Hall–Kier alpha value is -9.83. The lowest BCUT2D eigenvalue weighted by molar-refractivity contribution is -0.131. The van der Waals surface area contributed by atoms with Crippen LogP contribution in [0.4, 0.5) is 0 Å². The van der Waals surface area contributed by atoms with Gasteiger partial charge in [0.15, 0.2) is 0 Å². The Morgan fingerprint density at radius 1 is 0.772 bits per heavy atom. The number of aliphatic imine (C=N–C) groups is 1. The third-order valence-electron chi connectivity index (χ3n) is 19.6. The number of esters is 1. The predicted octanol–water partition coefficient (Wildman–Crippen LogP) is 1.15. The van der Waals surface area contributed by atoms with Crippen LogP contribution in [0.3, 0.4) is 0 Å². The van der Waals surface area contributed by atoms with E-state index in [4.69, 9.17) is 37.6 Å². The van der Waals surface area contributed by atoms with Crippen LogP contribution < -0.4 is 69.5 Å². The Kier molecular flexibility index (Phi) is 27.3. The average Bonchev–Trinajstić information content (AvgIpc) is 1.43. The first-order chi connectivity index (χ1) is 53.7. The van der Waals surface area contributed by atoms with Gasteiger partial charge in [-0.25, -0.2) is 29.7 Å². The lowest BCUT2D eigenvalue weighted by Crippen LogP contribution is -2.61. The van der Waals surface area contributed by atoms with E-state index in [1.54, 1.807) is 24.5 Å². The number of ether oxygens (including phenoxy) is 1. The molecule has 10 rings (SSSR count). The summed E-state index contributed by atoms with van der Waals surface area (Å²) in [6, 6.07) is -11.6. The van der Waals surface area contributed by atoms with Crippen molar-refractivity contribution in [3.63, 3.8) is 0 Å². The van der Waals surface area contributed by atoms with Crippen molar-refractivity contribution >= 4 is 150 Å². The number of hydrogen-bond donors (Lipinski definition) is 18. The summed E-state index contributed by atoms with van der Waals surface area (Å²) in [6.45, 7) is 25.3. The number of pyridine rings is 1. The molecule has 1 fully saturated rings. The number of aliphatic hydroxyl groups excluding tert-OH is 4. The quantitative estimate of drug-likeness (QED) is 0.0473. The molecule has 114 heavy (non-hydrogen) atoms. The second-order valence-electron chi connectivity index (χ2n) is 28.2. The first-order valence-electron chi connectivity index (χ1n) is 35.8. The highest BCUT2D eigenvalue weighted by Gasteiger charge is 2.52. The molecule has 1 aliphatic carbocycles. The van der Waals surface area contributed by atoms with Crippen LogP contribution in [0.2, 0.25) is 0 Å². The number of carbonyl (C=O) groups excluding carboxylic acids is 11. The number of thioether (sulfide) groups is 1. The van der Waals surface area contributed by atoms with E-state index in [-0.39, 0.29) is 88.9 Å². The molecule has 1 saturated heterocycles. The number of nitrogens with one attached hydrogen (secondary N) is 12. The van der Waals surface area contributed by atoms with Crippen molar-refractivity contribution < 1.29 is 83.0 Å². The summed E-state index contributed by atoms with van der Waals surface area (Å²) in [5.41, 5.74) is -0.691. The highest BCUT2D eigenvalue weighted by Crippen LogP contribution is 2.49. The van der Waals surface area contributed by atoms with E-state index in [1.165, 1.54) is 83.7 Å². The van der Waals surface area contributed by atoms with Crippen LogP contribution in [-0.2, 0) is 48.6 Å². The molecule has 0 spiro atoms. The van der Waals surface area contributed by atoms with E-state index in [2.05, 4.69) is 98.5 Å². The van der Waals surface area contributed by atoms with Gasteiger partial charge in [0.2, 0.25) is 29.5 Å². The smallest absolute Gasteiger partial charge is 0.357 e. The van der Waals surface area contributed by atoms with E-state index in [0.29, 0.717) is 11.5 Å². The first kappa shape index (κ1) is 86.6. The van der Waals surface area contributed by atoms with Crippen LogP contribution in [0, 0.1) is 5.92 Å². The largest absolute Gasteiger partial charge is 0.455 e. The van der Waals surface area contributed by atoms with E-state index >= 15 is 9.59 Å². The highest BCUT2D eigenvalue weighted by molar-refractivity contribution is 8.14. The minimum atomic E-state index is -2.11. The number of rotatable bonds is 12. The third-order valence-corrected chi connectivity index (χ3v) is 24.8. The second kappa shape index (κ2) is 35.9. The number of amides is 10. The molecular weight excluding hydrogens is 1600 g/mol. The van der Waals surface area contributed by atoms with Gasteiger partial charge in [-0.05, 0) is 91.9 Å². The number of carbonyl (C=O) groups is 11. The number of thiazole rings is 4. The van der Waals surface area contributed by atoms with Crippen LogP contribution in [0.15, 0.2) is 87.3 Å². The Labute approximate surface area is 678 Å². The Morgan fingerprint density at radius 3 is 2.15 bits per heavy atom. The summed E-state index contributed by atoms with van der Waals surface area (Å²) in [6.07, 6.45) is -2.50. The van der Waals surface area contributed by atoms with Gasteiger partial charge >= 0.3 is 5.97 Å². The summed E-state index contributed by atoms with van der Waals surface area (Å²) in [5.74, 6) is -10.6. The van der Waals surface area contributed by atoms with Crippen LogP contribution in [0.5, 0.6) is 0 Å². The number of nitrogens with two attached hydrogens (primary N) is 1. The normalized spacial score (nSPS) is 27.3. The number of nitrogens with zero attached hydrogens (tertiary/aromatic N) is 6. The molecule has 0 radical (unpaired) electrons. The first-order valence-corrected chi connectivity index (χ1v) is 40.7. The van der Waals surface area contributed by atoms with E-state index in [0.717, 1.165) is 57.1 Å². The van der Waals surface area contributed by atoms with Gasteiger partial charge in [0.05, 0.1) is 76.0 Å². The zero-order valence-electron chi connectivity index (χ0n) is 63.2. The SMILES string of the molecule is C=C(NC(=O)C(=C)NC(=O)c1csc(C2CCC34NC(=O)C(C)NC(=O)C(=C)NC(=O)C(C)NC(=O)C(C(C)CC)NC5C=Cc6c(C(C)O)cc(nc6C5O)C(=O)OC(C)C(NC(=S)c5csc(n5)C(C(C)(O)C(C)O)NC(=O)C5CSC(=N5)C=C(C)NC(=O)C(C(C)O)NC(=O)c5csc3n5)c3nc(cs3)C4N2)n1)C(N)=O. The molecule has 0 saturated carbocycles. The number of allylic oxidation sites excluding steroid dienone is 1. The molecule has 19 N–H and O–H groups in total. The van der Waals surface area contributed by atoms with Gasteiger partial charge in [-0.2, -0.15) is 0 Å². The maximum atomic E-state index is 15.4. The van der Waals surface area contributed by atoms with Crippen LogP contribution in [-0.4, -0.2) is 191 Å². The molecule has 0 aromatic carbocycles. The molecule has 4 aliphatic heterocycles. The number of aliphatic hydroxyl groups is 5. The van der Waals surface area contributed by atoms with Crippen molar-refractivity contribution in [3.8, 4) is 0 Å². The van der Waals surface area contributed by atoms with Crippen molar-refractivity contribution in [1.82, 2.24) is 88.7 Å². The van der Waals surface area contributed by atoms with Gasteiger partial charge in [-0.15, -0.1) is 57.1 Å². The number of hydrogen-bond acceptors (Lipinski definition) is 31. The molecule has 36 nitrogen and oxygen atoms in total. The molecule has 18 atom stereocenters. The summed E-state index contributed by atoms with van der Waals surface area (Å²) in [5, 5.41) is 97.7. The number of thiocarbonyl (C=S) groups is 1. The van der Waals surface area contributed by atoms with E-state index in [1.807, 2.05) is 6.92 Å². The number of fused-ring (bicyclic) bond motifs is 7. The van der Waals surface area contributed by atoms with Crippen LogP contribution in [0.25, 0.3) is 6.08 Å². The van der Waals surface area contributed by atoms with Gasteiger partial charge < -0.3 is 89.2 Å². The van der Waals surface area contributed by atoms with Crippen molar-refractivity contribution in [2.75, 3.05) is 5.75 Å². The maximum Gasteiger partial charge on any atom is 0.357 e.